The van der Waals surface area contributed by atoms with Crippen molar-refractivity contribution >= 4 is 5.91 Å². The van der Waals surface area contributed by atoms with Gasteiger partial charge < -0.3 is 10.6 Å². The van der Waals surface area contributed by atoms with Crippen molar-refractivity contribution < 1.29 is 4.79 Å². The van der Waals surface area contributed by atoms with Crippen LogP contribution in [0.25, 0.3) is 0 Å². The Morgan fingerprint density at radius 3 is 2.53 bits per heavy atom. The first-order chi connectivity index (χ1) is 9.25. The van der Waals surface area contributed by atoms with Crippen LogP contribution in [0.3, 0.4) is 0 Å². The zero-order valence-electron chi connectivity index (χ0n) is 12.2. The monoisotopic (exact) mass is 268 g/mol. The van der Waals surface area contributed by atoms with E-state index in [1.165, 1.54) is 32.4 Å². The van der Waals surface area contributed by atoms with Gasteiger partial charge in [0.25, 0.3) is 0 Å². The number of amides is 1. The molecule has 0 saturated carbocycles. The highest BCUT2D eigenvalue weighted by molar-refractivity contribution is 5.78. The van der Waals surface area contributed by atoms with Crippen LogP contribution in [0, 0.1) is 0 Å². The summed E-state index contributed by atoms with van der Waals surface area (Å²) in [5, 5.41) is 6.39. The lowest BCUT2D eigenvalue weighted by Crippen LogP contribution is -2.49. The van der Waals surface area contributed by atoms with E-state index in [2.05, 4.69) is 27.4 Å². The molecule has 0 aromatic carbocycles. The molecule has 0 aromatic heterocycles. The van der Waals surface area contributed by atoms with Gasteiger partial charge in [0.1, 0.15) is 0 Å². The molecule has 0 aromatic rings. The fourth-order valence-corrected chi connectivity index (χ4v) is 2.88. The Bertz CT molecular complexity index is 273. The van der Waals surface area contributed by atoms with Crippen LogP contribution in [0.1, 0.15) is 26.2 Å². The van der Waals surface area contributed by atoms with Crippen LogP contribution in [0.15, 0.2) is 0 Å². The van der Waals surface area contributed by atoms with Crippen LogP contribution in [0.4, 0.5) is 0 Å². The van der Waals surface area contributed by atoms with E-state index in [0.29, 0.717) is 12.6 Å². The molecule has 0 radical (unpaired) electrons. The van der Waals surface area contributed by atoms with E-state index in [4.69, 9.17) is 0 Å². The molecule has 1 atom stereocenters. The van der Waals surface area contributed by atoms with Crippen LogP contribution in [0.5, 0.6) is 0 Å². The number of carbonyl (C=O) groups excluding carboxylic acids is 1. The lowest BCUT2D eigenvalue weighted by atomic mass is 10.1. The van der Waals surface area contributed by atoms with Crippen LogP contribution in [-0.4, -0.2) is 74.1 Å². The predicted molar refractivity (Wildman–Crippen MR) is 77.2 cm³/mol. The second-order valence-electron chi connectivity index (χ2n) is 5.78. The number of nitrogens with one attached hydrogen (secondary N) is 2. The molecule has 0 bridgehead atoms. The molecule has 110 valence electrons. The van der Waals surface area contributed by atoms with Crippen molar-refractivity contribution in [1.29, 1.82) is 0 Å². The maximum Gasteiger partial charge on any atom is 0.234 e. The quantitative estimate of drug-likeness (QED) is 0.730. The minimum atomic E-state index is 0.172. The summed E-state index contributed by atoms with van der Waals surface area (Å²) in [5.41, 5.74) is 0. The molecule has 1 unspecified atom stereocenters. The average Bonchev–Trinajstić information content (AvgIpc) is 2.47. The van der Waals surface area contributed by atoms with E-state index < -0.39 is 0 Å². The van der Waals surface area contributed by atoms with Crippen molar-refractivity contribution in [3.05, 3.63) is 0 Å². The molecule has 1 amide bonds. The Morgan fingerprint density at radius 1 is 1.16 bits per heavy atom. The number of carbonyl (C=O) groups is 1. The molecule has 2 fully saturated rings. The van der Waals surface area contributed by atoms with Gasteiger partial charge in [-0.15, -0.1) is 0 Å². The molecule has 2 heterocycles. The van der Waals surface area contributed by atoms with Crippen LogP contribution in [0.2, 0.25) is 0 Å². The lowest BCUT2D eigenvalue weighted by molar-refractivity contribution is -0.122. The normalized spacial score (nSPS) is 24.1. The molecule has 0 spiro atoms. The highest BCUT2D eigenvalue weighted by Gasteiger charge is 2.18. The molecule has 19 heavy (non-hydrogen) atoms. The van der Waals surface area contributed by atoms with Crippen LogP contribution >= 0.6 is 0 Å². The highest BCUT2D eigenvalue weighted by atomic mass is 16.2. The third-order valence-electron chi connectivity index (χ3n) is 4.19. The Labute approximate surface area is 116 Å². The average molecular weight is 268 g/mol. The predicted octanol–water partition coefficient (Wildman–Crippen LogP) is -0.118. The number of nitrogens with zero attached hydrogens (tertiary/aromatic N) is 2. The van der Waals surface area contributed by atoms with E-state index in [1.54, 1.807) is 0 Å². The summed E-state index contributed by atoms with van der Waals surface area (Å²) >= 11 is 0. The summed E-state index contributed by atoms with van der Waals surface area (Å²) in [6.07, 6.45) is 3.97. The third kappa shape index (κ3) is 5.09. The van der Waals surface area contributed by atoms with Crippen molar-refractivity contribution in [3.63, 3.8) is 0 Å². The maximum absolute atomic E-state index is 11.9. The van der Waals surface area contributed by atoms with E-state index in [-0.39, 0.29) is 5.91 Å². The number of piperidine rings is 1. The molecule has 2 saturated heterocycles. The fraction of sp³-hybridized carbons (Fsp3) is 0.929. The third-order valence-corrected chi connectivity index (χ3v) is 4.19. The topological polar surface area (TPSA) is 47.6 Å². The smallest absolute Gasteiger partial charge is 0.234 e. The van der Waals surface area contributed by atoms with Crippen LogP contribution < -0.4 is 10.6 Å². The number of hydrogen-bond acceptors (Lipinski definition) is 4. The summed E-state index contributed by atoms with van der Waals surface area (Å²) < 4.78 is 0. The summed E-state index contributed by atoms with van der Waals surface area (Å²) in [7, 11) is 0. The van der Waals surface area contributed by atoms with Gasteiger partial charge in [-0.3, -0.25) is 14.6 Å². The minimum absolute atomic E-state index is 0.172. The van der Waals surface area contributed by atoms with Gasteiger partial charge in [-0.1, -0.05) is 6.42 Å². The van der Waals surface area contributed by atoms with E-state index >= 15 is 0 Å². The molecular formula is C14H28N4O. The van der Waals surface area contributed by atoms with Gasteiger partial charge in [0.2, 0.25) is 5.91 Å². The summed E-state index contributed by atoms with van der Waals surface area (Å²) in [5.74, 6) is 0.172. The van der Waals surface area contributed by atoms with E-state index in [9.17, 15) is 4.79 Å². The number of likely N-dealkylation sites (tertiary alicyclic amines) is 1. The second kappa shape index (κ2) is 7.82. The van der Waals surface area contributed by atoms with Crippen LogP contribution in [-0.2, 0) is 4.79 Å². The van der Waals surface area contributed by atoms with Crippen molar-refractivity contribution in [2.24, 2.45) is 0 Å². The van der Waals surface area contributed by atoms with E-state index in [1.807, 2.05) is 0 Å². The van der Waals surface area contributed by atoms with Crippen molar-refractivity contribution in [1.82, 2.24) is 20.4 Å². The van der Waals surface area contributed by atoms with Gasteiger partial charge in [-0.2, -0.15) is 0 Å². The second-order valence-corrected chi connectivity index (χ2v) is 5.78. The van der Waals surface area contributed by atoms with Gasteiger partial charge in [0, 0.05) is 38.8 Å². The molecule has 2 N–H and O–H groups in total. The molecule has 2 aliphatic heterocycles. The Hall–Kier alpha value is -0.650. The minimum Gasteiger partial charge on any atom is -0.353 e. The first-order valence-electron chi connectivity index (χ1n) is 7.69. The first-order valence-corrected chi connectivity index (χ1v) is 7.69. The largest absolute Gasteiger partial charge is 0.353 e. The van der Waals surface area contributed by atoms with Gasteiger partial charge in [0.05, 0.1) is 6.54 Å². The number of hydrogen-bond donors (Lipinski definition) is 2. The number of piperazine rings is 1. The molecule has 0 aliphatic carbocycles. The Kier molecular flexibility index (Phi) is 6.07. The first kappa shape index (κ1) is 14.8. The fourth-order valence-electron chi connectivity index (χ4n) is 2.88. The number of rotatable bonds is 5. The lowest BCUT2D eigenvalue weighted by Gasteiger charge is -2.32. The summed E-state index contributed by atoms with van der Waals surface area (Å²) in [4.78, 5) is 16.6. The molecule has 2 rings (SSSR count). The maximum atomic E-state index is 11.9. The van der Waals surface area contributed by atoms with Crippen molar-refractivity contribution in [3.8, 4) is 0 Å². The zero-order valence-corrected chi connectivity index (χ0v) is 12.2. The SMILES string of the molecule is CC(CNC(=O)CN1CCNCC1)N1CCCCC1. The molecule has 2 aliphatic rings. The summed E-state index contributed by atoms with van der Waals surface area (Å²) in [6.45, 7) is 9.89. The molecule has 5 heteroatoms. The zero-order chi connectivity index (χ0) is 13.5. The Balaban J connectivity index is 1.61. The van der Waals surface area contributed by atoms with Gasteiger partial charge >= 0.3 is 0 Å². The van der Waals surface area contributed by atoms with E-state index in [0.717, 1.165) is 32.7 Å². The van der Waals surface area contributed by atoms with Gasteiger partial charge in [-0.05, 0) is 32.9 Å². The Morgan fingerprint density at radius 2 is 1.84 bits per heavy atom. The van der Waals surface area contributed by atoms with Gasteiger partial charge in [0.15, 0.2) is 0 Å². The molecular weight excluding hydrogens is 240 g/mol. The highest BCUT2D eigenvalue weighted by Crippen LogP contribution is 2.11. The van der Waals surface area contributed by atoms with Crippen molar-refractivity contribution in [2.75, 3.05) is 52.4 Å². The summed E-state index contributed by atoms with van der Waals surface area (Å²) in [6, 6.07) is 0.465. The molecule has 5 nitrogen and oxygen atoms in total. The van der Waals surface area contributed by atoms with Gasteiger partial charge in [-0.25, -0.2) is 0 Å². The van der Waals surface area contributed by atoms with Crippen molar-refractivity contribution in [2.45, 2.75) is 32.2 Å². The standard InChI is InChI=1S/C14H28N4O/c1-13(18-7-3-2-4-8-18)11-16-14(19)12-17-9-5-15-6-10-17/h13,15H,2-12H2,1H3,(H,16,19).